The van der Waals surface area contributed by atoms with Crippen LogP contribution in [0.4, 0.5) is 4.79 Å². The molecule has 1 heterocycles. The Hall–Kier alpha value is -1.15. The summed E-state index contributed by atoms with van der Waals surface area (Å²) >= 11 is 0. The maximum Gasteiger partial charge on any atom is 0.407 e. The average Bonchev–Trinajstić information content (AvgIpc) is 2.42. The van der Waals surface area contributed by atoms with E-state index >= 15 is 0 Å². The van der Waals surface area contributed by atoms with Crippen LogP contribution in [0.5, 0.6) is 0 Å². The van der Waals surface area contributed by atoms with Crippen LogP contribution in [0.2, 0.25) is 0 Å². The zero-order chi connectivity index (χ0) is 14.4. The van der Waals surface area contributed by atoms with Crippen molar-refractivity contribution in [3.8, 4) is 0 Å². The Morgan fingerprint density at radius 2 is 2.16 bits per heavy atom. The van der Waals surface area contributed by atoms with E-state index in [1.54, 1.807) is 0 Å². The minimum atomic E-state index is -1.27. The predicted octanol–water partition coefficient (Wildman–Crippen LogP) is -0.230. The van der Waals surface area contributed by atoms with Gasteiger partial charge in [-0.15, -0.1) is 6.58 Å². The minimum absolute atomic E-state index is 0.253. The van der Waals surface area contributed by atoms with E-state index in [1.165, 1.54) is 13.2 Å². The third-order valence-corrected chi connectivity index (χ3v) is 2.91. The molecule has 110 valence electrons. The summed E-state index contributed by atoms with van der Waals surface area (Å²) in [6.45, 7) is 5.53. The summed E-state index contributed by atoms with van der Waals surface area (Å²) in [6, 6.07) is 0. The summed E-state index contributed by atoms with van der Waals surface area (Å²) in [7, 11) is 1.37. The highest BCUT2D eigenvalue weighted by Crippen LogP contribution is 2.25. The lowest BCUT2D eigenvalue weighted by molar-refractivity contribution is -0.289. The first kappa shape index (κ1) is 15.9. The van der Waals surface area contributed by atoms with Crippen LogP contribution in [0.15, 0.2) is 12.7 Å². The van der Waals surface area contributed by atoms with Gasteiger partial charge in [0, 0.05) is 13.7 Å². The number of aliphatic hydroxyl groups is 2. The lowest BCUT2D eigenvalue weighted by Crippen LogP contribution is -2.59. The molecular formula is C12H21NO6. The standard InChI is InChI=1S/C12H21NO6/c1-4-6-13-12(16)19-10-7(5-2)18-11(17-3)9(15)8(10)14/h4,7-11,14-15H,1,5-6H2,2-3H3,(H,13,16). The number of carbonyl (C=O) groups is 1. The van der Waals surface area contributed by atoms with Gasteiger partial charge in [-0.25, -0.2) is 4.79 Å². The molecule has 7 heteroatoms. The fourth-order valence-corrected chi connectivity index (χ4v) is 1.90. The number of hydrogen-bond acceptors (Lipinski definition) is 6. The molecule has 5 unspecified atom stereocenters. The summed E-state index contributed by atoms with van der Waals surface area (Å²) in [5, 5.41) is 22.2. The zero-order valence-electron chi connectivity index (χ0n) is 11.1. The number of nitrogens with one attached hydrogen (secondary N) is 1. The molecule has 0 aromatic carbocycles. The van der Waals surface area contributed by atoms with Crippen LogP contribution in [-0.2, 0) is 14.2 Å². The highest BCUT2D eigenvalue weighted by molar-refractivity contribution is 5.67. The van der Waals surface area contributed by atoms with E-state index in [-0.39, 0.29) is 6.54 Å². The summed E-state index contributed by atoms with van der Waals surface area (Å²) in [6.07, 6.45) is -3.66. The lowest BCUT2D eigenvalue weighted by atomic mass is 9.97. The largest absolute Gasteiger partial charge is 0.441 e. The first-order valence-electron chi connectivity index (χ1n) is 6.14. The molecule has 19 heavy (non-hydrogen) atoms. The molecule has 0 spiro atoms. The Morgan fingerprint density at radius 3 is 2.68 bits per heavy atom. The van der Waals surface area contributed by atoms with Crippen molar-refractivity contribution < 1.29 is 29.2 Å². The maximum absolute atomic E-state index is 11.5. The van der Waals surface area contributed by atoms with Crippen LogP contribution < -0.4 is 5.32 Å². The van der Waals surface area contributed by atoms with E-state index in [0.29, 0.717) is 6.42 Å². The van der Waals surface area contributed by atoms with Crippen molar-refractivity contribution >= 4 is 6.09 Å². The number of amides is 1. The van der Waals surface area contributed by atoms with Crippen LogP contribution in [0.3, 0.4) is 0 Å². The van der Waals surface area contributed by atoms with Crippen molar-refractivity contribution in [2.45, 2.75) is 44.1 Å². The lowest BCUT2D eigenvalue weighted by Gasteiger charge is -2.41. The van der Waals surface area contributed by atoms with E-state index in [4.69, 9.17) is 14.2 Å². The van der Waals surface area contributed by atoms with Crippen molar-refractivity contribution in [1.82, 2.24) is 5.32 Å². The van der Waals surface area contributed by atoms with E-state index in [9.17, 15) is 15.0 Å². The van der Waals surface area contributed by atoms with E-state index in [2.05, 4.69) is 11.9 Å². The van der Waals surface area contributed by atoms with Crippen molar-refractivity contribution in [2.24, 2.45) is 0 Å². The Labute approximate surface area is 112 Å². The van der Waals surface area contributed by atoms with Crippen molar-refractivity contribution in [1.29, 1.82) is 0 Å². The first-order valence-corrected chi connectivity index (χ1v) is 6.14. The summed E-state index contributed by atoms with van der Waals surface area (Å²) in [4.78, 5) is 11.5. The zero-order valence-corrected chi connectivity index (χ0v) is 11.1. The van der Waals surface area contributed by atoms with Gasteiger partial charge in [0.25, 0.3) is 0 Å². The number of rotatable bonds is 5. The maximum atomic E-state index is 11.5. The number of carbonyl (C=O) groups excluding carboxylic acids is 1. The number of methoxy groups -OCH3 is 1. The molecule has 1 fully saturated rings. The Balaban J connectivity index is 2.68. The summed E-state index contributed by atoms with van der Waals surface area (Å²) in [5.74, 6) is 0. The molecule has 1 aliphatic heterocycles. The van der Waals surface area contributed by atoms with E-state index in [1.807, 2.05) is 6.92 Å². The molecule has 0 aliphatic carbocycles. The molecule has 5 atom stereocenters. The van der Waals surface area contributed by atoms with Crippen LogP contribution in [0, 0.1) is 0 Å². The van der Waals surface area contributed by atoms with E-state index in [0.717, 1.165) is 0 Å². The van der Waals surface area contributed by atoms with Gasteiger partial charge in [0.15, 0.2) is 12.4 Å². The summed E-state index contributed by atoms with van der Waals surface area (Å²) in [5.41, 5.74) is 0. The predicted molar refractivity (Wildman–Crippen MR) is 66.4 cm³/mol. The molecular weight excluding hydrogens is 254 g/mol. The Bertz CT molecular complexity index is 309. The third kappa shape index (κ3) is 3.90. The van der Waals surface area contributed by atoms with E-state index < -0.39 is 36.8 Å². The smallest absolute Gasteiger partial charge is 0.407 e. The average molecular weight is 275 g/mol. The number of alkyl carbamates (subject to hydrolysis) is 1. The molecule has 0 radical (unpaired) electrons. The fraction of sp³-hybridized carbons (Fsp3) is 0.750. The van der Waals surface area contributed by atoms with Gasteiger partial charge in [-0.2, -0.15) is 0 Å². The number of ether oxygens (including phenoxy) is 3. The SMILES string of the molecule is C=CCNC(=O)OC1C(CC)OC(OC)C(O)C1O. The van der Waals surface area contributed by atoms with Crippen LogP contribution in [0.25, 0.3) is 0 Å². The van der Waals surface area contributed by atoms with Gasteiger partial charge in [-0.3, -0.25) is 0 Å². The third-order valence-electron chi connectivity index (χ3n) is 2.91. The van der Waals surface area contributed by atoms with Crippen LogP contribution >= 0.6 is 0 Å². The molecule has 0 bridgehead atoms. The van der Waals surface area contributed by atoms with Gasteiger partial charge >= 0.3 is 6.09 Å². The van der Waals surface area contributed by atoms with Crippen molar-refractivity contribution in [3.05, 3.63) is 12.7 Å². The molecule has 1 rings (SSSR count). The van der Waals surface area contributed by atoms with Crippen LogP contribution in [-0.4, -0.2) is 60.7 Å². The highest BCUT2D eigenvalue weighted by Gasteiger charge is 2.46. The van der Waals surface area contributed by atoms with Crippen molar-refractivity contribution in [2.75, 3.05) is 13.7 Å². The normalized spacial score (nSPS) is 34.6. The molecule has 0 aromatic rings. The van der Waals surface area contributed by atoms with Gasteiger partial charge in [0.2, 0.25) is 0 Å². The second-order valence-electron chi connectivity index (χ2n) is 4.21. The molecule has 7 nitrogen and oxygen atoms in total. The van der Waals surface area contributed by atoms with Gasteiger partial charge in [-0.1, -0.05) is 13.0 Å². The molecule has 1 aliphatic rings. The Kier molecular flexibility index (Phi) is 6.23. The summed E-state index contributed by atoms with van der Waals surface area (Å²) < 4.78 is 15.4. The molecule has 0 saturated carbocycles. The number of aliphatic hydroxyl groups excluding tert-OH is 2. The topological polar surface area (TPSA) is 97.3 Å². The number of hydrogen-bond donors (Lipinski definition) is 3. The van der Waals surface area contributed by atoms with Gasteiger partial charge in [-0.05, 0) is 6.42 Å². The van der Waals surface area contributed by atoms with Gasteiger partial charge < -0.3 is 29.7 Å². The monoisotopic (exact) mass is 275 g/mol. The second-order valence-corrected chi connectivity index (χ2v) is 4.21. The molecule has 3 N–H and O–H groups in total. The minimum Gasteiger partial charge on any atom is -0.441 e. The highest BCUT2D eigenvalue weighted by atomic mass is 16.7. The molecule has 1 saturated heterocycles. The molecule has 1 amide bonds. The first-order chi connectivity index (χ1) is 9.04. The van der Waals surface area contributed by atoms with Crippen LogP contribution in [0.1, 0.15) is 13.3 Å². The van der Waals surface area contributed by atoms with Crippen molar-refractivity contribution in [3.63, 3.8) is 0 Å². The Morgan fingerprint density at radius 1 is 1.47 bits per heavy atom. The quantitative estimate of drug-likeness (QED) is 0.600. The van der Waals surface area contributed by atoms with Gasteiger partial charge in [0.05, 0.1) is 0 Å². The molecule has 0 aromatic heterocycles. The second kappa shape index (κ2) is 7.44. The fourth-order valence-electron chi connectivity index (χ4n) is 1.90. The van der Waals surface area contributed by atoms with Gasteiger partial charge in [0.1, 0.15) is 18.3 Å².